The van der Waals surface area contributed by atoms with Crippen molar-refractivity contribution in [3.05, 3.63) is 29.2 Å². The minimum Gasteiger partial charge on any atom is -0.447 e. The number of likely N-dealkylation sites (tertiary alicyclic amines) is 1. The number of aryl methyl sites for hydroxylation is 2. The molecule has 3 rings (SSSR count). The predicted molar refractivity (Wildman–Crippen MR) is 88.8 cm³/mol. The molecule has 25 heavy (non-hydrogen) atoms. The molecule has 1 fully saturated rings. The minimum absolute atomic E-state index is 0.262. The lowest BCUT2D eigenvalue weighted by Crippen LogP contribution is -2.24. The van der Waals surface area contributed by atoms with Crippen LogP contribution in [0.5, 0.6) is 0 Å². The first-order chi connectivity index (χ1) is 12.1. The molecule has 0 spiro atoms. The van der Waals surface area contributed by atoms with Gasteiger partial charge in [0.05, 0.1) is 31.4 Å². The summed E-state index contributed by atoms with van der Waals surface area (Å²) in [5.74, 6) is 0.256. The SMILES string of the molecule is CCn1nc(C)c(CNC(=O)c2coc(CN3CCC(OC)C3)n2)n1. The van der Waals surface area contributed by atoms with E-state index in [2.05, 4.69) is 25.4 Å². The first-order valence-corrected chi connectivity index (χ1v) is 8.47. The largest absolute Gasteiger partial charge is 0.447 e. The summed E-state index contributed by atoms with van der Waals surface area (Å²) in [6.45, 7) is 7.22. The van der Waals surface area contributed by atoms with Gasteiger partial charge in [-0.05, 0) is 20.3 Å². The van der Waals surface area contributed by atoms with Crippen molar-refractivity contribution in [1.29, 1.82) is 0 Å². The first kappa shape index (κ1) is 17.6. The number of hydrogen-bond acceptors (Lipinski definition) is 7. The summed E-state index contributed by atoms with van der Waals surface area (Å²) in [6, 6.07) is 0. The monoisotopic (exact) mass is 348 g/mol. The summed E-state index contributed by atoms with van der Waals surface area (Å²) in [4.78, 5) is 20.3. The van der Waals surface area contributed by atoms with Crippen molar-refractivity contribution in [2.45, 2.75) is 46.0 Å². The molecule has 9 nitrogen and oxygen atoms in total. The zero-order valence-corrected chi connectivity index (χ0v) is 14.9. The Kier molecular flexibility index (Phi) is 5.44. The van der Waals surface area contributed by atoms with Crippen LogP contribution < -0.4 is 5.32 Å². The number of amides is 1. The van der Waals surface area contributed by atoms with Crippen LogP contribution in [0, 0.1) is 6.92 Å². The Morgan fingerprint density at radius 1 is 1.48 bits per heavy atom. The van der Waals surface area contributed by atoms with Gasteiger partial charge in [0, 0.05) is 20.2 Å². The Labute approximate surface area is 146 Å². The van der Waals surface area contributed by atoms with Gasteiger partial charge in [-0.15, -0.1) is 0 Å². The second kappa shape index (κ2) is 7.75. The highest BCUT2D eigenvalue weighted by molar-refractivity contribution is 5.91. The fourth-order valence-electron chi connectivity index (χ4n) is 2.84. The van der Waals surface area contributed by atoms with Crippen LogP contribution in [-0.4, -0.2) is 57.1 Å². The van der Waals surface area contributed by atoms with E-state index in [0.717, 1.165) is 30.9 Å². The number of hydrogen-bond donors (Lipinski definition) is 1. The molecule has 3 heterocycles. The second-order valence-electron chi connectivity index (χ2n) is 6.11. The number of carbonyl (C=O) groups is 1. The average molecular weight is 348 g/mol. The molecule has 136 valence electrons. The molecule has 2 aromatic rings. The highest BCUT2D eigenvalue weighted by atomic mass is 16.5. The molecule has 1 N–H and O–H groups in total. The molecule has 0 bridgehead atoms. The van der Waals surface area contributed by atoms with E-state index < -0.39 is 0 Å². The standard InChI is InChI=1S/C16H24N6O3/c1-4-22-19-11(2)13(20-22)7-17-16(23)14-10-25-15(18-14)9-21-6-5-12(8-21)24-3/h10,12H,4-9H2,1-3H3,(H,17,23). The summed E-state index contributed by atoms with van der Waals surface area (Å²) in [5.41, 5.74) is 1.84. The van der Waals surface area contributed by atoms with Crippen LogP contribution in [0.4, 0.5) is 0 Å². The molecule has 0 aromatic carbocycles. The number of oxazole rings is 1. The van der Waals surface area contributed by atoms with Crippen LogP contribution in [0.3, 0.4) is 0 Å². The van der Waals surface area contributed by atoms with Crippen LogP contribution in [-0.2, 0) is 24.4 Å². The first-order valence-electron chi connectivity index (χ1n) is 8.47. The van der Waals surface area contributed by atoms with Crippen molar-refractivity contribution < 1.29 is 13.9 Å². The van der Waals surface area contributed by atoms with E-state index in [0.29, 0.717) is 25.5 Å². The van der Waals surface area contributed by atoms with Gasteiger partial charge >= 0.3 is 0 Å². The van der Waals surface area contributed by atoms with Gasteiger partial charge in [0.15, 0.2) is 5.69 Å². The molecule has 1 atom stereocenters. The van der Waals surface area contributed by atoms with E-state index in [1.54, 1.807) is 11.9 Å². The fraction of sp³-hybridized carbons (Fsp3) is 0.625. The van der Waals surface area contributed by atoms with Crippen molar-refractivity contribution in [3.8, 4) is 0 Å². The summed E-state index contributed by atoms with van der Waals surface area (Å²) < 4.78 is 10.8. The van der Waals surface area contributed by atoms with Crippen molar-refractivity contribution in [1.82, 2.24) is 30.2 Å². The Morgan fingerprint density at radius 2 is 2.32 bits per heavy atom. The number of aromatic nitrogens is 4. The Bertz CT molecular complexity index is 725. The second-order valence-corrected chi connectivity index (χ2v) is 6.11. The van der Waals surface area contributed by atoms with Crippen molar-refractivity contribution >= 4 is 5.91 Å². The lowest BCUT2D eigenvalue weighted by Gasteiger charge is -2.12. The molecule has 1 aliphatic heterocycles. The third-order valence-corrected chi connectivity index (χ3v) is 4.32. The van der Waals surface area contributed by atoms with Crippen LogP contribution in [0.25, 0.3) is 0 Å². The summed E-state index contributed by atoms with van der Waals surface area (Å²) in [5, 5.41) is 11.4. The fourth-order valence-corrected chi connectivity index (χ4v) is 2.84. The van der Waals surface area contributed by atoms with Gasteiger partial charge in [-0.1, -0.05) is 0 Å². The highest BCUT2D eigenvalue weighted by Gasteiger charge is 2.24. The summed E-state index contributed by atoms with van der Waals surface area (Å²) >= 11 is 0. The van der Waals surface area contributed by atoms with E-state index in [1.807, 2.05) is 13.8 Å². The molecule has 0 saturated carbocycles. The Balaban J connectivity index is 1.53. The number of rotatable bonds is 7. The van der Waals surface area contributed by atoms with E-state index in [9.17, 15) is 4.79 Å². The average Bonchev–Trinajstić information content (AvgIpc) is 3.33. The molecule has 1 unspecified atom stereocenters. The third-order valence-electron chi connectivity index (χ3n) is 4.32. The smallest absolute Gasteiger partial charge is 0.273 e. The quantitative estimate of drug-likeness (QED) is 0.788. The molecule has 0 radical (unpaired) electrons. The molecule has 1 saturated heterocycles. The zero-order valence-electron chi connectivity index (χ0n) is 14.9. The van der Waals surface area contributed by atoms with Gasteiger partial charge < -0.3 is 14.5 Å². The van der Waals surface area contributed by atoms with Gasteiger partial charge in [0.2, 0.25) is 5.89 Å². The van der Waals surface area contributed by atoms with Crippen molar-refractivity contribution in [3.63, 3.8) is 0 Å². The maximum Gasteiger partial charge on any atom is 0.273 e. The third kappa shape index (κ3) is 4.23. The van der Waals surface area contributed by atoms with E-state index in [-0.39, 0.29) is 17.7 Å². The predicted octanol–water partition coefficient (Wildman–Crippen LogP) is 0.745. The van der Waals surface area contributed by atoms with Gasteiger partial charge in [-0.2, -0.15) is 15.0 Å². The van der Waals surface area contributed by atoms with Crippen LogP contribution in [0.15, 0.2) is 10.7 Å². The van der Waals surface area contributed by atoms with Crippen molar-refractivity contribution in [2.24, 2.45) is 0 Å². The van der Waals surface area contributed by atoms with Crippen LogP contribution in [0.1, 0.15) is 41.1 Å². The number of methoxy groups -OCH3 is 1. The topological polar surface area (TPSA) is 98.3 Å². The number of ether oxygens (including phenoxy) is 1. The summed E-state index contributed by atoms with van der Waals surface area (Å²) in [6.07, 6.45) is 2.66. The van der Waals surface area contributed by atoms with E-state index in [1.165, 1.54) is 6.26 Å². The Hall–Kier alpha value is -2.26. The summed E-state index contributed by atoms with van der Waals surface area (Å²) in [7, 11) is 1.72. The number of nitrogens with zero attached hydrogens (tertiary/aromatic N) is 5. The molecule has 9 heteroatoms. The highest BCUT2D eigenvalue weighted by Crippen LogP contribution is 2.15. The zero-order chi connectivity index (χ0) is 17.8. The van der Waals surface area contributed by atoms with Crippen LogP contribution >= 0.6 is 0 Å². The minimum atomic E-state index is -0.281. The molecular weight excluding hydrogens is 324 g/mol. The normalized spacial score (nSPS) is 18.0. The van der Waals surface area contributed by atoms with E-state index >= 15 is 0 Å². The van der Waals surface area contributed by atoms with Gasteiger partial charge in [0.25, 0.3) is 5.91 Å². The maximum atomic E-state index is 12.2. The van der Waals surface area contributed by atoms with E-state index in [4.69, 9.17) is 9.15 Å². The van der Waals surface area contributed by atoms with Crippen LogP contribution in [0.2, 0.25) is 0 Å². The molecule has 2 aromatic heterocycles. The Morgan fingerprint density at radius 3 is 3.00 bits per heavy atom. The van der Waals surface area contributed by atoms with Gasteiger partial charge in [-0.25, -0.2) is 4.98 Å². The maximum absolute atomic E-state index is 12.2. The van der Waals surface area contributed by atoms with Crippen molar-refractivity contribution in [2.75, 3.05) is 20.2 Å². The molecular formula is C16H24N6O3. The van der Waals surface area contributed by atoms with Gasteiger partial charge in [-0.3, -0.25) is 9.69 Å². The molecule has 1 aliphatic rings. The lowest BCUT2D eigenvalue weighted by molar-refractivity contribution is 0.0945. The molecule has 1 amide bonds. The lowest BCUT2D eigenvalue weighted by atomic mass is 10.3. The molecule has 0 aliphatic carbocycles. The van der Waals surface area contributed by atoms with Gasteiger partial charge in [0.1, 0.15) is 12.0 Å². The number of carbonyl (C=O) groups excluding carboxylic acids is 1. The number of nitrogens with one attached hydrogen (secondary N) is 1.